The van der Waals surface area contributed by atoms with Crippen molar-refractivity contribution < 1.29 is 14.3 Å². The summed E-state index contributed by atoms with van der Waals surface area (Å²) in [6.07, 6.45) is 0. The summed E-state index contributed by atoms with van der Waals surface area (Å²) in [6.45, 7) is 0.497. The standard InChI is InChI=1S/C21H21NO3/c1-24-19-10-6-5-9-18(19)14-22-20(21(23)25-2)17-12-11-15-7-3-4-8-16(15)13-17/h3-13,20,22H,14H2,1-2H3/t20-/m1/s1. The number of hydrogen-bond acceptors (Lipinski definition) is 4. The number of hydrogen-bond donors (Lipinski definition) is 1. The van der Waals surface area contributed by atoms with Gasteiger partial charge in [-0.2, -0.15) is 0 Å². The molecule has 4 heteroatoms. The molecular formula is C21H21NO3. The average Bonchev–Trinajstić information content (AvgIpc) is 2.68. The fourth-order valence-corrected chi connectivity index (χ4v) is 2.90. The van der Waals surface area contributed by atoms with Gasteiger partial charge in [-0.3, -0.25) is 5.32 Å². The summed E-state index contributed by atoms with van der Waals surface area (Å²) in [7, 11) is 3.04. The van der Waals surface area contributed by atoms with Gasteiger partial charge >= 0.3 is 5.97 Å². The van der Waals surface area contributed by atoms with E-state index in [1.54, 1.807) is 7.11 Å². The van der Waals surface area contributed by atoms with E-state index in [0.717, 1.165) is 27.6 Å². The zero-order valence-electron chi connectivity index (χ0n) is 14.4. The molecule has 128 valence electrons. The van der Waals surface area contributed by atoms with Crippen molar-refractivity contribution in [1.29, 1.82) is 0 Å². The van der Waals surface area contributed by atoms with E-state index in [2.05, 4.69) is 11.4 Å². The molecule has 0 spiro atoms. The van der Waals surface area contributed by atoms with Crippen molar-refractivity contribution in [3.05, 3.63) is 77.9 Å². The Bertz CT molecular complexity index is 876. The lowest BCUT2D eigenvalue weighted by atomic mass is 10.0. The molecule has 0 saturated heterocycles. The molecule has 1 atom stereocenters. The number of methoxy groups -OCH3 is 2. The van der Waals surface area contributed by atoms with Crippen LogP contribution < -0.4 is 10.1 Å². The van der Waals surface area contributed by atoms with Crippen LogP contribution in [0.2, 0.25) is 0 Å². The van der Waals surface area contributed by atoms with Gasteiger partial charge in [0.1, 0.15) is 11.8 Å². The second-order valence-electron chi connectivity index (χ2n) is 5.76. The molecule has 0 saturated carbocycles. The Morgan fingerprint density at radius 3 is 2.44 bits per heavy atom. The van der Waals surface area contributed by atoms with Crippen molar-refractivity contribution in [2.24, 2.45) is 0 Å². The summed E-state index contributed by atoms with van der Waals surface area (Å²) in [4.78, 5) is 12.3. The van der Waals surface area contributed by atoms with E-state index in [0.29, 0.717) is 6.54 Å². The molecule has 0 amide bonds. The Hall–Kier alpha value is -2.85. The van der Waals surface area contributed by atoms with E-state index in [9.17, 15) is 4.79 Å². The first-order valence-electron chi connectivity index (χ1n) is 8.14. The molecular weight excluding hydrogens is 314 g/mol. The Morgan fingerprint density at radius 2 is 1.68 bits per heavy atom. The van der Waals surface area contributed by atoms with Gasteiger partial charge in [0.25, 0.3) is 0 Å². The highest BCUT2D eigenvalue weighted by molar-refractivity contribution is 5.85. The summed E-state index contributed by atoms with van der Waals surface area (Å²) in [5, 5.41) is 5.52. The first-order valence-corrected chi connectivity index (χ1v) is 8.14. The Balaban J connectivity index is 1.87. The van der Waals surface area contributed by atoms with Gasteiger partial charge < -0.3 is 9.47 Å². The van der Waals surface area contributed by atoms with E-state index in [4.69, 9.17) is 9.47 Å². The third-order valence-electron chi connectivity index (χ3n) is 4.23. The highest BCUT2D eigenvalue weighted by Gasteiger charge is 2.21. The number of esters is 1. The van der Waals surface area contributed by atoms with Gasteiger partial charge in [-0.05, 0) is 28.5 Å². The summed E-state index contributed by atoms with van der Waals surface area (Å²) in [5.74, 6) is 0.474. The summed E-state index contributed by atoms with van der Waals surface area (Å²) in [6, 6.07) is 21.3. The molecule has 4 nitrogen and oxygen atoms in total. The Kier molecular flexibility index (Phi) is 5.31. The molecule has 0 radical (unpaired) electrons. The minimum Gasteiger partial charge on any atom is -0.496 e. The molecule has 0 aromatic heterocycles. The average molecular weight is 335 g/mol. The van der Waals surface area contributed by atoms with Gasteiger partial charge in [0.05, 0.1) is 14.2 Å². The van der Waals surface area contributed by atoms with Crippen molar-refractivity contribution >= 4 is 16.7 Å². The maximum atomic E-state index is 12.3. The van der Waals surface area contributed by atoms with Crippen LogP contribution in [0.15, 0.2) is 66.7 Å². The number of fused-ring (bicyclic) bond motifs is 1. The molecule has 0 fully saturated rings. The molecule has 25 heavy (non-hydrogen) atoms. The normalized spacial score (nSPS) is 11.9. The molecule has 3 aromatic carbocycles. The van der Waals surface area contributed by atoms with Crippen molar-refractivity contribution in [2.45, 2.75) is 12.6 Å². The lowest BCUT2D eigenvalue weighted by Gasteiger charge is -2.18. The van der Waals surface area contributed by atoms with E-state index >= 15 is 0 Å². The van der Waals surface area contributed by atoms with E-state index in [1.807, 2.05) is 60.7 Å². The largest absolute Gasteiger partial charge is 0.496 e. The highest BCUT2D eigenvalue weighted by Crippen LogP contribution is 2.23. The zero-order chi connectivity index (χ0) is 17.6. The fraction of sp³-hybridized carbons (Fsp3) is 0.190. The molecule has 0 unspecified atom stereocenters. The molecule has 3 rings (SSSR count). The summed E-state index contributed by atoms with van der Waals surface area (Å²) < 4.78 is 10.4. The minimum atomic E-state index is -0.542. The number of para-hydroxylation sites is 1. The van der Waals surface area contributed by atoms with Crippen LogP contribution in [0.4, 0.5) is 0 Å². The predicted molar refractivity (Wildman–Crippen MR) is 98.5 cm³/mol. The number of carbonyl (C=O) groups excluding carboxylic acids is 1. The first kappa shape index (κ1) is 17.0. The number of ether oxygens (including phenoxy) is 2. The van der Waals surface area contributed by atoms with Crippen LogP contribution in [-0.4, -0.2) is 20.2 Å². The predicted octanol–water partition coefficient (Wildman–Crippen LogP) is 3.85. The number of nitrogens with one attached hydrogen (secondary N) is 1. The quantitative estimate of drug-likeness (QED) is 0.695. The van der Waals surface area contributed by atoms with Gasteiger partial charge in [-0.1, -0.05) is 54.6 Å². The fourth-order valence-electron chi connectivity index (χ4n) is 2.90. The number of carbonyl (C=O) groups is 1. The van der Waals surface area contributed by atoms with E-state index in [1.165, 1.54) is 7.11 Å². The smallest absolute Gasteiger partial charge is 0.327 e. The zero-order valence-corrected chi connectivity index (χ0v) is 14.4. The lowest BCUT2D eigenvalue weighted by molar-refractivity contribution is -0.143. The van der Waals surface area contributed by atoms with Crippen LogP contribution in [0.5, 0.6) is 5.75 Å². The molecule has 0 aliphatic rings. The SMILES string of the molecule is COC(=O)[C@H](NCc1ccccc1OC)c1ccc2ccccc2c1. The van der Waals surface area contributed by atoms with Gasteiger partial charge in [-0.25, -0.2) is 4.79 Å². The maximum Gasteiger partial charge on any atom is 0.327 e. The number of benzene rings is 3. The molecule has 0 aliphatic heterocycles. The summed E-state index contributed by atoms with van der Waals surface area (Å²) in [5.41, 5.74) is 1.86. The first-order chi connectivity index (χ1) is 12.2. The minimum absolute atomic E-state index is 0.315. The molecule has 3 aromatic rings. The van der Waals surface area contributed by atoms with Crippen LogP contribution >= 0.6 is 0 Å². The molecule has 0 aliphatic carbocycles. The third-order valence-corrected chi connectivity index (χ3v) is 4.23. The Labute approximate surface area is 147 Å². The van der Waals surface area contributed by atoms with Crippen molar-refractivity contribution in [2.75, 3.05) is 14.2 Å². The van der Waals surface area contributed by atoms with Crippen molar-refractivity contribution in [3.63, 3.8) is 0 Å². The molecule has 0 heterocycles. The molecule has 0 bridgehead atoms. The second kappa shape index (κ2) is 7.81. The van der Waals surface area contributed by atoms with Gasteiger partial charge in [0.2, 0.25) is 0 Å². The summed E-state index contributed by atoms with van der Waals surface area (Å²) >= 11 is 0. The van der Waals surface area contributed by atoms with Crippen molar-refractivity contribution in [1.82, 2.24) is 5.32 Å². The number of rotatable bonds is 6. The Morgan fingerprint density at radius 1 is 0.960 bits per heavy atom. The second-order valence-corrected chi connectivity index (χ2v) is 5.76. The van der Waals surface area contributed by atoms with Crippen LogP contribution in [-0.2, 0) is 16.1 Å². The van der Waals surface area contributed by atoms with E-state index < -0.39 is 6.04 Å². The van der Waals surface area contributed by atoms with Gasteiger partial charge in [0, 0.05) is 12.1 Å². The monoisotopic (exact) mass is 335 g/mol. The van der Waals surface area contributed by atoms with Gasteiger partial charge in [-0.15, -0.1) is 0 Å². The van der Waals surface area contributed by atoms with Crippen molar-refractivity contribution in [3.8, 4) is 5.75 Å². The maximum absolute atomic E-state index is 12.3. The van der Waals surface area contributed by atoms with E-state index in [-0.39, 0.29) is 5.97 Å². The van der Waals surface area contributed by atoms with Gasteiger partial charge in [0.15, 0.2) is 0 Å². The van der Waals surface area contributed by atoms with Crippen LogP contribution in [0, 0.1) is 0 Å². The lowest BCUT2D eigenvalue weighted by Crippen LogP contribution is -2.29. The highest BCUT2D eigenvalue weighted by atomic mass is 16.5. The molecule has 1 N–H and O–H groups in total. The topological polar surface area (TPSA) is 47.6 Å². The van der Waals surface area contributed by atoms with Crippen LogP contribution in [0.25, 0.3) is 10.8 Å². The van der Waals surface area contributed by atoms with Crippen LogP contribution in [0.3, 0.4) is 0 Å². The third kappa shape index (κ3) is 3.80. The van der Waals surface area contributed by atoms with Crippen LogP contribution in [0.1, 0.15) is 17.2 Å².